The molecule has 0 saturated heterocycles. The Kier molecular flexibility index (Phi) is 8.11. The number of rotatable bonds is 3. The maximum atomic E-state index is 12.6. The molecular weight excluding hydrogens is 286 g/mol. The zero-order chi connectivity index (χ0) is 16.5. The van der Waals surface area contributed by atoms with Crippen molar-refractivity contribution >= 4 is 11.7 Å². The van der Waals surface area contributed by atoms with Gasteiger partial charge in [-0.1, -0.05) is 51.4 Å². The summed E-state index contributed by atoms with van der Waals surface area (Å²) in [6.07, 6.45) is 16.5. The Balaban J connectivity index is 1.76. The Labute approximate surface area is 142 Å². The van der Waals surface area contributed by atoms with Crippen LogP contribution < -0.4 is 5.32 Å². The van der Waals surface area contributed by atoms with Gasteiger partial charge in [0.2, 0.25) is 5.91 Å². The van der Waals surface area contributed by atoms with Gasteiger partial charge in [0.15, 0.2) is 0 Å². The molecule has 2 saturated carbocycles. The molecule has 0 unspecified atom stereocenters. The molecule has 0 bridgehead atoms. The molecule has 3 heteroatoms. The highest BCUT2D eigenvalue weighted by Gasteiger charge is 2.29. The molecule has 2 aliphatic rings. The van der Waals surface area contributed by atoms with Gasteiger partial charge in [0.1, 0.15) is 5.78 Å². The van der Waals surface area contributed by atoms with Gasteiger partial charge in [0, 0.05) is 17.9 Å². The Morgan fingerprint density at radius 3 is 1.57 bits per heavy atom. The fourth-order valence-electron chi connectivity index (χ4n) is 4.21. The number of carbonyl (C=O) groups is 2. The van der Waals surface area contributed by atoms with E-state index in [0.717, 1.165) is 38.5 Å². The third kappa shape index (κ3) is 6.64. The van der Waals surface area contributed by atoms with E-state index in [-0.39, 0.29) is 17.7 Å². The van der Waals surface area contributed by atoms with Gasteiger partial charge < -0.3 is 5.32 Å². The van der Waals surface area contributed by atoms with E-state index in [9.17, 15) is 9.59 Å². The molecule has 0 spiro atoms. The summed E-state index contributed by atoms with van der Waals surface area (Å²) in [7, 11) is 0. The highest BCUT2D eigenvalue weighted by Crippen LogP contribution is 2.29. The van der Waals surface area contributed by atoms with Crippen LogP contribution in [-0.4, -0.2) is 17.7 Å². The summed E-state index contributed by atoms with van der Waals surface area (Å²) in [6.45, 7) is 1.69. The molecule has 2 aliphatic carbocycles. The lowest BCUT2D eigenvalue weighted by Crippen LogP contribution is -2.40. The molecule has 1 amide bonds. The molecule has 1 N–H and O–H groups in total. The van der Waals surface area contributed by atoms with Crippen molar-refractivity contribution in [1.29, 1.82) is 0 Å². The van der Waals surface area contributed by atoms with E-state index in [1.165, 1.54) is 51.4 Å². The average molecular weight is 322 g/mol. The van der Waals surface area contributed by atoms with Crippen LogP contribution in [0.1, 0.15) is 96.8 Å². The Morgan fingerprint density at radius 1 is 0.652 bits per heavy atom. The summed E-state index contributed by atoms with van der Waals surface area (Å²) in [4.78, 5) is 24.0. The second-order valence-electron chi connectivity index (χ2n) is 7.77. The molecule has 0 heterocycles. The van der Waals surface area contributed by atoms with Gasteiger partial charge in [-0.3, -0.25) is 9.59 Å². The van der Waals surface area contributed by atoms with E-state index in [2.05, 4.69) is 5.32 Å². The molecule has 0 aromatic heterocycles. The van der Waals surface area contributed by atoms with Crippen molar-refractivity contribution < 1.29 is 9.59 Å². The van der Waals surface area contributed by atoms with Crippen molar-refractivity contribution in [2.24, 2.45) is 11.8 Å². The molecule has 132 valence electrons. The van der Waals surface area contributed by atoms with Gasteiger partial charge in [-0.2, -0.15) is 0 Å². The van der Waals surface area contributed by atoms with Crippen LogP contribution >= 0.6 is 0 Å². The standard InChI is InChI=1S/C20H35NO2/c1-16(22)17-12-14-18(15-13-17)20(23)21-19-10-8-6-4-2-3-5-7-9-11-19/h17-19H,2-15H2,1H3,(H,21,23). The van der Waals surface area contributed by atoms with Gasteiger partial charge in [-0.25, -0.2) is 0 Å². The first kappa shape index (κ1) is 18.5. The van der Waals surface area contributed by atoms with Crippen LogP contribution in [0.15, 0.2) is 0 Å². The topological polar surface area (TPSA) is 46.2 Å². The smallest absolute Gasteiger partial charge is 0.223 e. The summed E-state index contributed by atoms with van der Waals surface area (Å²) >= 11 is 0. The number of hydrogen-bond acceptors (Lipinski definition) is 2. The number of ketones is 1. The van der Waals surface area contributed by atoms with Crippen LogP contribution in [0, 0.1) is 11.8 Å². The van der Waals surface area contributed by atoms with Gasteiger partial charge in [-0.05, 0) is 45.4 Å². The number of amides is 1. The number of hydrogen-bond donors (Lipinski definition) is 1. The Morgan fingerprint density at radius 2 is 1.09 bits per heavy atom. The third-order valence-electron chi connectivity index (χ3n) is 5.87. The molecule has 2 rings (SSSR count). The molecule has 0 aliphatic heterocycles. The van der Waals surface area contributed by atoms with E-state index >= 15 is 0 Å². The zero-order valence-electron chi connectivity index (χ0n) is 14.9. The fraction of sp³-hybridized carbons (Fsp3) is 0.900. The molecule has 3 nitrogen and oxygen atoms in total. The number of carbonyl (C=O) groups excluding carboxylic acids is 2. The van der Waals surface area contributed by atoms with Crippen LogP contribution in [0.4, 0.5) is 0 Å². The summed E-state index contributed by atoms with van der Waals surface area (Å²) in [5.74, 6) is 0.902. The van der Waals surface area contributed by atoms with E-state index < -0.39 is 0 Å². The monoisotopic (exact) mass is 321 g/mol. The lowest BCUT2D eigenvalue weighted by Gasteiger charge is -2.28. The maximum absolute atomic E-state index is 12.6. The zero-order valence-corrected chi connectivity index (χ0v) is 14.9. The van der Waals surface area contributed by atoms with Gasteiger partial charge in [0.05, 0.1) is 0 Å². The molecular formula is C20H35NO2. The maximum Gasteiger partial charge on any atom is 0.223 e. The average Bonchev–Trinajstić information content (AvgIpc) is 2.61. The minimum absolute atomic E-state index is 0.142. The highest BCUT2D eigenvalue weighted by molar-refractivity contribution is 5.81. The van der Waals surface area contributed by atoms with Crippen molar-refractivity contribution in [1.82, 2.24) is 5.32 Å². The first-order chi connectivity index (χ1) is 11.2. The Bertz CT molecular complexity index is 360. The van der Waals surface area contributed by atoms with Crippen LogP contribution in [0.3, 0.4) is 0 Å². The van der Waals surface area contributed by atoms with E-state index in [1.807, 2.05) is 0 Å². The number of Topliss-reactive ketones (excluding diaryl/α,β-unsaturated/α-hetero) is 1. The van der Waals surface area contributed by atoms with E-state index in [0.29, 0.717) is 11.8 Å². The highest BCUT2D eigenvalue weighted by atomic mass is 16.2. The summed E-state index contributed by atoms with van der Waals surface area (Å²) < 4.78 is 0. The minimum atomic E-state index is 0.142. The predicted octanol–water partition coefficient (Wildman–Crippen LogP) is 4.78. The van der Waals surface area contributed by atoms with Crippen molar-refractivity contribution in [2.75, 3.05) is 0 Å². The van der Waals surface area contributed by atoms with Crippen LogP contribution in [0.5, 0.6) is 0 Å². The SMILES string of the molecule is CC(=O)C1CCC(C(=O)NC2CCCCCCCCCC2)CC1. The van der Waals surface area contributed by atoms with Crippen molar-refractivity contribution in [3.8, 4) is 0 Å². The first-order valence-corrected chi connectivity index (χ1v) is 9.97. The lowest BCUT2D eigenvalue weighted by molar-refractivity contribution is -0.129. The molecule has 0 aromatic rings. The van der Waals surface area contributed by atoms with Gasteiger partial charge in [0.25, 0.3) is 0 Å². The summed E-state index contributed by atoms with van der Waals surface area (Å²) in [5, 5.41) is 3.35. The minimum Gasteiger partial charge on any atom is -0.353 e. The molecule has 2 fully saturated rings. The lowest BCUT2D eigenvalue weighted by atomic mass is 9.80. The molecule has 0 radical (unpaired) electrons. The summed E-state index contributed by atoms with van der Waals surface area (Å²) in [5.41, 5.74) is 0. The quantitative estimate of drug-likeness (QED) is 0.813. The normalized spacial score (nSPS) is 28.6. The molecule has 0 aromatic carbocycles. The van der Waals surface area contributed by atoms with Gasteiger partial charge in [-0.15, -0.1) is 0 Å². The van der Waals surface area contributed by atoms with E-state index in [4.69, 9.17) is 0 Å². The van der Waals surface area contributed by atoms with Crippen molar-refractivity contribution in [3.63, 3.8) is 0 Å². The van der Waals surface area contributed by atoms with Crippen LogP contribution in [-0.2, 0) is 9.59 Å². The Hall–Kier alpha value is -0.860. The fourth-order valence-corrected chi connectivity index (χ4v) is 4.21. The van der Waals surface area contributed by atoms with Crippen molar-refractivity contribution in [3.05, 3.63) is 0 Å². The second kappa shape index (κ2) is 10.1. The second-order valence-corrected chi connectivity index (χ2v) is 7.77. The predicted molar refractivity (Wildman–Crippen MR) is 94.2 cm³/mol. The summed E-state index contributed by atoms with van der Waals surface area (Å²) in [6, 6.07) is 0.381. The van der Waals surface area contributed by atoms with Crippen LogP contribution in [0.25, 0.3) is 0 Å². The van der Waals surface area contributed by atoms with Gasteiger partial charge >= 0.3 is 0 Å². The van der Waals surface area contributed by atoms with E-state index in [1.54, 1.807) is 6.92 Å². The number of nitrogens with one attached hydrogen (secondary N) is 1. The third-order valence-corrected chi connectivity index (χ3v) is 5.87. The first-order valence-electron chi connectivity index (χ1n) is 9.97. The van der Waals surface area contributed by atoms with Crippen molar-refractivity contribution in [2.45, 2.75) is 103 Å². The van der Waals surface area contributed by atoms with Crippen LogP contribution in [0.2, 0.25) is 0 Å². The molecule has 23 heavy (non-hydrogen) atoms. The molecule has 0 atom stereocenters. The largest absolute Gasteiger partial charge is 0.353 e.